The Morgan fingerprint density at radius 1 is 0.868 bits per heavy atom. The van der Waals surface area contributed by atoms with Crippen LogP contribution in [0.15, 0.2) is 84.9 Å². The third-order valence-corrected chi connectivity index (χ3v) is 5.99. The first-order chi connectivity index (χ1) is 18.3. The summed E-state index contributed by atoms with van der Waals surface area (Å²) in [5.74, 6) is 0.471. The molecule has 5 aromatic rings. The van der Waals surface area contributed by atoms with Crippen molar-refractivity contribution in [2.45, 2.75) is 20.8 Å². The smallest absolute Gasteiger partial charge is 0.221 e. The quantitative estimate of drug-likeness (QED) is 0.173. The number of aromatic nitrogens is 2. The largest absolute Gasteiger partial charge is 0.481 e. The fraction of sp³-hybridized carbons (Fsp3) is 0.125. The molecule has 0 unspecified atom stereocenters. The maximum Gasteiger partial charge on any atom is 0.221 e. The molecular weight excluding hydrogens is 496 g/mol. The molecule has 0 atom stereocenters. The maximum atomic E-state index is 13.6. The topological polar surface area (TPSA) is 69.2 Å². The van der Waals surface area contributed by atoms with Crippen LogP contribution in [0.25, 0.3) is 39.0 Å². The van der Waals surface area contributed by atoms with Crippen LogP contribution in [-0.2, 0) is 4.79 Å². The number of ether oxygens (including phenoxy) is 1. The van der Waals surface area contributed by atoms with Gasteiger partial charge in [-0.3, -0.25) is 9.78 Å². The van der Waals surface area contributed by atoms with Gasteiger partial charge >= 0.3 is 0 Å². The van der Waals surface area contributed by atoms with E-state index < -0.39 is 0 Å². The SMILES string of the molecule is CC(C)=O.COc1nc2ccc(Cl)cc2cc1/C=C/C(=O)c1c(C)nc2ccccc2c1-c1ccccc1. The Labute approximate surface area is 226 Å². The molecule has 0 radical (unpaired) electrons. The molecule has 0 saturated heterocycles. The Hall–Kier alpha value is -4.35. The van der Waals surface area contributed by atoms with Crippen molar-refractivity contribution in [2.24, 2.45) is 0 Å². The fourth-order valence-corrected chi connectivity index (χ4v) is 4.40. The zero-order valence-electron chi connectivity index (χ0n) is 21.7. The van der Waals surface area contributed by atoms with Crippen molar-refractivity contribution in [3.63, 3.8) is 0 Å². The number of Topliss-reactive ketones (excluding diaryl/α,β-unsaturated/α-hetero) is 1. The number of halogens is 1. The van der Waals surface area contributed by atoms with Gasteiger partial charge in [-0.1, -0.05) is 60.1 Å². The number of hydrogen-bond acceptors (Lipinski definition) is 5. The molecule has 5 rings (SSSR count). The molecule has 0 fully saturated rings. The van der Waals surface area contributed by atoms with Crippen molar-refractivity contribution in [2.75, 3.05) is 7.11 Å². The van der Waals surface area contributed by atoms with Crippen LogP contribution < -0.4 is 4.74 Å². The second-order valence-corrected chi connectivity index (χ2v) is 9.30. The Kier molecular flexibility index (Phi) is 8.29. The van der Waals surface area contributed by atoms with Gasteiger partial charge in [-0.25, -0.2) is 4.98 Å². The Morgan fingerprint density at radius 3 is 2.26 bits per heavy atom. The monoisotopic (exact) mass is 522 g/mol. The minimum absolute atomic E-state index is 0.136. The van der Waals surface area contributed by atoms with Crippen LogP contribution in [0.4, 0.5) is 0 Å². The molecule has 0 aliphatic rings. The van der Waals surface area contributed by atoms with Crippen LogP contribution in [0.2, 0.25) is 5.02 Å². The number of para-hydroxylation sites is 1. The van der Waals surface area contributed by atoms with Crippen molar-refractivity contribution < 1.29 is 14.3 Å². The summed E-state index contributed by atoms with van der Waals surface area (Å²) in [7, 11) is 1.56. The van der Waals surface area contributed by atoms with Gasteiger partial charge in [0.25, 0.3) is 0 Å². The molecule has 0 bridgehead atoms. The first-order valence-electron chi connectivity index (χ1n) is 12.1. The number of carbonyl (C=O) groups is 2. The van der Waals surface area contributed by atoms with Gasteiger partial charge in [0.05, 0.1) is 23.7 Å². The first-order valence-corrected chi connectivity index (χ1v) is 12.4. The molecule has 0 spiro atoms. The van der Waals surface area contributed by atoms with Gasteiger partial charge in [0.2, 0.25) is 5.88 Å². The molecule has 5 nitrogen and oxygen atoms in total. The number of pyridine rings is 2. The van der Waals surface area contributed by atoms with E-state index in [0.29, 0.717) is 27.7 Å². The third-order valence-electron chi connectivity index (χ3n) is 5.76. The second kappa shape index (κ2) is 11.8. The number of fused-ring (bicyclic) bond motifs is 2. The highest BCUT2D eigenvalue weighted by Crippen LogP contribution is 2.34. The maximum absolute atomic E-state index is 13.6. The van der Waals surface area contributed by atoms with Gasteiger partial charge in [-0.15, -0.1) is 0 Å². The van der Waals surface area contributed by atoms with Crippen LogP contribution in [0.5, 0.6) is 5.88 Å². The number of benzene rings is 3. The van der Waals surface area contributed by atoms with Gasteiger partial charge < -0.3 is 9.53 Å². The molecule has 0 amide bonds. The van der Waals surface area contributed by atoms with Crippen LogP contribution in [0.1, 0.15) is 35.5 Å². The number of carbonyl (C=O) groups excluding carboxylic acids is 2. The normalized spacial score (nSPS) is 10.9. The van der Waals surface area contributed by atoms with Crippen molar-refractivity contribution in [3.8, 4) is 17.0 Å². The number of methoxy groups -OCH3 is 1. The second-order valence-electron chi connectivity index (χ2n) is 8.86. The zero-order valence-corrected chi connectivity index (χ0v) is 22.4. The van der Waals surface area contributed by atoms with Gasteiger partial charge in [-0.05, 0) is 68.8 Å². The molecule has 2 heterocycles. The number of hydrogen-bond donors (Lipinski definition) is 0. The molecule has 2 aromatic heterocycles. The van der Waals surface area contributed by atoms with E-state index in [2.05, 4.69) is 4.98 Å². The lowest BCUT2D eigenvalue weighted by molar-refractivity contribution is -0.115. The Morgan fingerprint density at radius 2 is 1.55 bits per heavy atom. The minimum atomic E-state index is -0.136. The average Bonchev–Trinajstić information content (AvgIpc) is 2.90. The summed E-state index contributed by atoms with van der Waals surface area (Å²) in [6, 6.07) is 25.2. The number of rotatable bonds is 5. The van der Waals surface area contributed by atoms with E-state index in [1.807, 2.05) is 79.7 Å². The summed E-state index contributed by atoms with van der Waals surface area (Å²) in [6.07, 6.45) is 3.29. The summed E-state index contributed by atoms with van der Waals surface area (Å²) >= 11 is 6.15. The molecule has 3 aromatic carbocycles. The Balaban J connectivity index is 0.000000786. The average molecular weight is 523 g/mol. The Bertz CT molecular complexity index is 1670. The summed E-state index contributed by atoms with van der Waals surface area (Å²) in [4.78, 5) is 32.3. The highest BCUT2D eigenvalue weighted by atomic mass is 35.5. The molecule has 6 heteroatoms. The van der Waals surface area contributed by atoms with E-state index in [1.54, 1.807) is 25.3 Å². The lowest BCUT2D eigenvalue weighted by Gasteiger charge is -2.14. The van der Waals surface area contributed by atoms with Gasteiger partial charge in [0, 0.05) is 32.6 Å². The fourth-order valence-electron chi connectivity index (χ4n) is 4.22. The number of aryl methyl sites for hydroxylation is 1. The standard InChI is InChI=1S/C29H21ClN2O2.C3H6O/c1-18-27(28(19-8-4-3-5-9-19)23-10-6-7-11-25(23)31-18)26(33)15-12-20-16-21-17-22(30)13-14-24(21)32-29(20)34-2;1-3(2)4/h3-17H,1-2H3;1-2H3/b15-12+;. The molecular formula is C32H27ClN2O3. The van der Waals surface area contributed by atoms with E-state index in [9.17, 15) is 9.59 Å². The van der Waals surface area contributed by atoms with E-state index >= 15 is 0 Å². The van der Waals surface area contributed by atoms with E-state index in [1.165, 1.54) is 13.8 Å². The molecule has 0 aliphatic heterocycles. The van der Waals surface area contributed by atoms with Crippen molar-refractivity contribution in [1.82, 2.24) is 9.97 Å². The third kappa shape index (κ3) is 5.96. The van der Waals surface area contributed by atoms with Crippen molar-refractivity contribution >= 4 is 51.0 Å². The van der Waals surface area contributed by atoms with Gasteiger partial charge in [0.15, 0.2) is 5.78 Å². The van der Waals surface area contributed by atoms with E-state index in [-0.39, 0.29) is 11.6 Å². The summed E-state index contributed by atoms with van der Waals surface area (Å²) in [5, 5.41) is 2.43. The lowest BCUT2D eigenvalue weighted by Crippen LogP contribution is -2.05. The molecule has 0 N–H and O–H groups in total. The number of nitrogens with zero attached hydrogens (tertiary/aromatic N) is 2. The van der Waals surface area contributed by atoms with Gasteiger partial charge in [0.1, 0.15) is 5.78 Å². The highest BCUT2D eigenvalue weighted by molar-refractivity contribution is 6.31. The van der Waals surface area contributed by atoms with E-state index in [4.69, 9.17) is 21.3 Å². The van der Waals surface area contributed by atoms with Crippen LogP contribution in [-0.4, -0.2) is 28.6 Å². The summed E-state index contributed by atoms with van der Waals surface area (Å²) < 4.78 is 5.48. The van der Waals surface area contributed by atoms with Crippen LogP contribution >= 0.6 is 11.6 Å². The van der Waals surface area contributed by atoms with Crippen molar-refractivity contribution in [3.05, 3.63) is 107 Å². The zero-order chi connectivity index (χ0) is 27.2. The van der Waals surface area contributed by atoms with Crippen molar-refractivity contribution in [1.29, 1.82) is 0 Å². The highest BCUT2D eigenvalue weighted by Gasteiger charge is 2.19. The predicted octanol–water partition coefficient (Wildman–Crippen LogP) is 7.91. The molecule has 190 valence electrons. The number of ketones is 2. The minimum Gasteiger partial charge on any atom is -0.481 e. The van der Waals surface area contributed by atoms with E-state index in [0.717, 1.165) is 32.9 Å². The first kappa shape index (κ1) is 26.7. The predicted molar refractivity (Wildman–Crippen MR) is 155 cm³/mol. The van der Waals surface area contributed by atoms with Gasteiger partial charge in [-0.2, -0.15) is 0 Å². The van der Waals surface area contributed by atoms with Crippen LogP contribution in [0, 0.1) is 6.92 Å². The summed E-state index contributed by atoms with van der Waals surface area (Å²) in [6.45, 7) is 4.93. The summed E-state index contributed by atoms with van der Waals surface area (Å²) in [5.41, 5.74) is 5.44. The molecule has 0 aliphatic carbocycles. The molecule has 0 saturated carbocycles. The lowest BCUT2D eigenvalue weighted by atomic mass is 9.92. The van der Waals surface area contributed by atoms with Crippen LogP contribution in [0.3, 0.4) is 0 Å². The number of allylic oxidation sites excluding steroid dienone is 1. The molecule has 38 heavy (non-hydrogen) atoms.